The van der Waals surface area contributed by atoms with Gasteiger partial charge in [0, 0.05) is 29.1 Å². The van der Waals surface area contributed by atoms with Gasteiger partial charge in [0.2, 0.25) is 0 Å². The van der Waals surface area contributed by atoms with Crippen molar-refractivity contribution in [2.75, 3.05) is 16.4 Å². The van der Waals surface area contributed by atoms with Crippen LogP contribution in [0.4, 0.5) is 5.82 Å². The molecule has 1 atom stereocenters. The van der Waals surface area contributed by atoms with Crippen LogP contribution in [0.25, 0.3) is 5.65 Å². The van der Waals surface area contributed by atoms with E-state index in [-0.39, 0.29) is 11.0 Å². The lowest BCUT2D eigenvalue weighted by atomic mass is 9.89. The molecule has 2 aromatic heterocycles. The first-order valence-electron chi connectivity index (χ1n) is 8.40. The van der Waals surface area contributed by atoms with Crippen LogP contribution in [0.1, 0.15) is 53.5 Å². The minimum atomic E-state index is 0.0448. The summed E-state index contributed by atoms with van der Waals surface area (Å²) in [5.41, 5.74) is 2.29. The molecule has 1 saturated heterocycles. The van der Waals surface area contributed by atoms with Crippen molar-refractivity contribution in [1.82, 2.24) is 14.6 Å². The van der Waals surface area contributed by atoms with Gasteiger partial charge in [-0.1, -0.05) is 20.8 Å². The van der Waals surface area contributed by atoms with Crippen molar-refractivity contribution in [3.05, 3.63) is 24.0 Å². The first-order valence-corrected chi connectivity index (χ1v) is 9.55. The highest BCUT2D eigenvalue weighted by Crippen LogP contribution is 2.33. The Morgan fingerprint density at radius 2 is 1.96 bits per heavy atom. The normalized spacial score (nSPS) is 19.5. The summed E-state index contributed by atoms with van der Waals surface area (Å²) in [5, 5.41) is 4.48. The molecular formula is C18H28N4S. The minimum Gasteiger partial charge on any atom is -0.348 e. The number of fused-ring (bicyclic) bond motifs is 1. The number of anilines is 1. The predicted molar refractivity (Wildman–Crippen MR) is 99.6 cm³/mol. The van der Waals surface area contributed by atoms with Crippen LogP contribution in [-0.2, 0) is 5.41 Å². The quantitative estimate of drug-likeness (QED) is 0.828. The van der Waals surface area contributed by atoms with Crippen LogP contribution in [0.3, 0.4) is 0 Å². The molecule has 3 rings (SSSR count). The van der Waals surface area contributed by atoms with E-state index in [1.54, 1.807) is 0 Å². The molecule has 23 heavy (non-hydrogen) atoms. The standard InChI is InChI=1S/C18H28N4S/c1-17(2,3)14-11-19-21-9-7-15(20-16(14)21)22(18(4,5)6)13-8-10-23-12-13/h7,9,11,13H,8,10,12H2,1-6H3. The zero-order chi connectivity index (χ0) is 16.8. The Hall–Kier alpha value is -1.23. The maximum Gasteiger partial charge on any atom is 0.161 e. The highest BCUT2D eigenvalue weighted by atomic mass is 32.2. The molecule has 0 aromatic carbocycles. The van der Waals surface area contributed by atoms with E-state index in [4.69, 9.17) is 4.98 Å². The van der Waals surface area contributed by atoms with Crippen molar-refractivity contribution in [3.8, 4) is 0 Å². The van der Waals surface area contributed by atoms with Crippen molar-refractivity contribution in [2.24, 2.45) is 0 Å². The first kappa shape index (κ1) is 16.6. The fourth-order valence-corrected chi connectivity index (χ4v) is 4.52. The Kier molecular flexibility index (Phi) is 4.11. The predicted octanol–water partition coefficient (Wildman–Crippen LogP) is 4.14. The maximum absolute atomic E-state index is 5.03. The molecule has 1 aliphatic rings. The molecule has 0 aliphatic carbocycles. The lowest BCUT2D eigenvalue weighted by Gasteiger charge is -2.41. The van der Waals surface area contributed by atoms with E-state index in [1.807, 2.05) is 28.7 Å². The molecule has 0 spiro atoms. The van der Waals surface area contributed by atoms with E-state index in [0.29, 0.717) is 6.04 Å². The number of rotatable bonds is 2. The average molecular weight is 333 g/mol. The molecule has 4 nitrogen and oxygen atoms in total. The largest absolute Gasteiger partial charge is 0.348 e. The first-order chi connectivity index (χ1) is 10.7. The molecule has 2 aromatic rings. The van der Waals surface area contributed by atoms with Gasteiger partial charge in [0.05, 0.1) is 6.20 Å². The van der Waals surface area contributed by atoms with Gasteiger partial charge in [-0.15, -0.1) is 0 Å². The van der Waals surface area contributed by atoms with Crippen molar-refractivity contribution < 1.29 is 0 Å². The third-order valence-corrected chi connectivity index (χ3v) is 5.55. The van der Waals surface area contributed by atoms with E-state index in [0.717, 1.165) is 11.5 Å². The van der Waals surface area contributed by atoms with Crippen molar-refractivity contribution in [3.63, 3.8) is 0 Å². The lowest BCUT2D eigenvalue weighted by Crippen LogP contribution is -2.49. The summed E-state index contributed by atoms with van der Waals surface area (Å²) in [6.07, 6.45) is 5.24. The molecular weight excluding hydrogens is 304 g/mol. The number of thioether (sulfide) groups is 1. The zero-order valence-corrected chi connectivity index (χ0v) is 15.9. The van der Waals surface area contributed by atoms with Crippen LogP contribution < -0.4 is 4.90 Å². The third-order valence-electron chi connectivity index (χ3n) is 4.40. The Morgan fingerprint density at radius 1 is 1.22 bits per heavy atom. The Morgan fingerprint density at radius 3 is 2.52 bits per heavy atom. The molecule has 0 amide bonds. The van der Waals surface area contributed by atoms with Crippen LogP contribution in [0.15, 0.2) is 18.5 Å². The van der Waals surface area contributed by atoms with Crippen molar-refractivity contribution in [2.45, 2.75) is 65.0 Å². The topological polar surface area (TPSA) is 33.4 Å². The number of hydrogen-bond acceptors (Lipinski definition) is 4. The van der Waals surface area contributed by atoms with Crippen molar-refractivity contribution >= 4 is 23.2 Å². The van der Waals surface area contributed by atoms with Gasteiger partial charge < -0.3 is 4.90 Å². The fourth-order valence-electron chi connectivity index (χ4n) is 3.33. The maximum atomic E-state index is 5.03. The van der Waals surface area contributed by atoms with Gasteiger partial charge in [-0.05, 0) is 44.4 Å². The zero-order valence-electron chi connectivity index (χ0n) is 15.1. The summed E-state index contributed by atoms with van der Waals surface area (Å²) in [6.45, 7) is 13.5. The molecule has 5 heteroatoms. The molecule has 0 saturated carbocycles. The second kappa shape index (κ2) is 5.69. The Bertz CT molecular complexity index is 687. The van der Waals surface area contributed by atoms with Gasteiger partial charge in [0.15, 0.2) is 5.65 Å². The van der Waals surface area contributed by atoms with Gasteiger partial charge in [-0.25, -0.2) is 9.50 Å². The molecule has 1 aliphatic heterocycles. The highest BCUT2D eigenvalue weighted by molar-refractivity contribution is 7.99. The fraction of sp³-hybridized carbons (Fsp3) is 0.667. The summed E-state index contributed by atoms with van der Waals surface area (Å²) >= 11 is 2.05. The second-order valence-corrected chi connectivity index (χ2v) is 9.57. The smallest absolute Gasteiger partial charge is 0.161 e. The lowest BCUT2D eigenvalue weighted by molar-refractivity contribution is 0.449. The summed E-state index contributed by atoms with van der Waals surface area (Å²) in [7, 11) is 0. The highest BCUT2D eigenvalue weighted by Gasteiger charge is 2.33. The molecule has 1 fully saturated rings. The van der Waals surface area contributed by atoms with Gasteiger partial charge in [-0.3, -0.25) is 0 Å². The molecule has 3 heterocycles. The van der Waals surface area contributed by atoms with Crippen LogP contribution in [0.2, 0.25) is 0 Å². The van der Waals surface area contributed by atoms with Gasteiger partial charge in [0.1, 0.15) is 5.82 Å². The van der Waals surface area contributed by atoms with Crippen LogP contribution in [0.5, 0.6) is 0 Å². The summed E-state index contributed by atoms with van der Waals surface area (Å²) in [6, 6.07) is 2.68. The van der Waals surface area contributed by atoms with E-state index in [2.05, 4.69) is 57.6 Å². The summed E-state index contributed by atoms with van der Waals surface area (Å²) in [5.74, 6) is 3.51. The number of hydrogen-bond donors (Lipinski definition) is 0. The van der Waals surface area contributed by atoms with E-state index in [9.17, 15) is 0 Å². The second-order valence-electron chi connectivity index (χ2n) is 8.42. The van der Waals surface area contributed by atoms with E-state index >= 15 is 0 Å². The summed E-state index contributed by atoms with van der Waals surface area (Å²) < 4.78 is 1.90. The van der Waals surface area contributed by atoms with Gasteiger partial charge in [-0.2, -0.15) is 16.9 Å². The van der Waals surface area contributed by atoms with E-state index < -0.39 is 0 Å². The molecule has 126 valence electrons. The Balaban J connectivity index is 2.09. The molecule has 0 N–H and O–H groups in total. The van der Waals surface area contributed by atoms with Crippen LogP contribution in [0, 0.1) is 0 Å². The SMILES string of the molecule is CC(C)(C)c1cnn2ccc(N(C3CCSC3)C(C)(C)C)nc12. The molecule has 1 unspecified atom stereocenters. The van der Waals surface area contributed by atoms with Crippen LogP contribution in [-0.4, -0.2) is 37.7 Å². The van der Waals surface area contributed by atoms with Crippen LogP contribution >= 0.6 is 11.8 Å². The monoisotopic (exact) mass is 332 g/mol. The number of aromatic nitrogens is 3. The molecule has 0 bridgehead atoms. The minimum absolute atomic E-state index is 0.0448. The van der Waals surface area contributed by atoms with Crippen molar-refractivity contribution in [1.29, 1.82) is 0 Å². The number of nitrogens with zero attached hydrogens (tertiary/aromatic N) is 4. The molecule has 0 radical (unpaired) electrons. The van der Waals surface area contributed by atoms with Gasteiger partial charge in [0.25, 0.3) is 0 Å². The summed E-state index contributed by atoms with van der Waals surface area (Å²) in [4.78, 5) is 7.54. The average Bonchev–Trinajstić information content (AvgIpc) is 3.04. The third kappa shape index (κ3) is 3.21. The Labute approximate surface area is 143 Å². The van der Waals surface area contributed by atoms with Gasteiger partial charge >= 0.3 is 0 Å². The van der Waals surface area contributed by atoms with E-state index in [1.165, 1.54) is 23.5 Å².